The summed E-state index contributed by atoms with van der Waals surface area (Å²) < 4.78 is 4.83. The Hall–Kier alpha value is -2.16. The van der Waals surface area contributed by atoms with Crippen molar-refractivity contribution in [3.8, 4) is 0 Å². The lowest BCUT2D eigenvalue weighted by Crippen LogP contribution is -2.08. The van der Waals surface area contributed by atoms with Crippen molar-refractivity contribution < 1.29 is 14.3 Å². The highest BCUT2D eigenvalue weighted by molar-refractivity contribution is 5.94. The maximum absolute atomic E-state index is 11.5. The van der Waals surface area contributed by atoms with Crippen LogP contribution in [-0.4, -0.2) is 18.4 Å². The fourth-order valence-electron chi connectivity index (χ4n) is 1.20. The van der Waals surface area contributed by atoms with Crippen molar-refractivity contribution in [2.24, 2.45) is 0 Å². The van der Waals surface area contributed by atoms with E-state index in [1.807, 2.05) is 30.3 Å². The van der Waals surface area contributed by atoms with Gasteiger partial charge >= 0.3 is 5.97 Å². The highest BCUT2D eigenvalue weighted by Gasteiger charge is 2.04. The topological polar surface area (TPSA) is 43.4 Å². The molecule has 0 aromatic heterocycles. The summed E-state index contributed by atoms with van der Waals surface area (Å²) in [5, 5.41) is 0. The normalized spacial score (nSPS) is 10.3. The van der Waals surface area contributed by atoms with Gasteiger partial charge < -0.3 is 4.74 Å². The molecule has 0 N–H and O–H groups in total. The Kier molecular flexibility index (Phi) is 5.58. The molecule has 3 nitrogen and oxygen atoms in total. The molecule has 0 bridgehead atoms. The van der Waals surface area contributed by atoms with Gasteiger partial charge in [-0.3, -0.25) is 4.79 Å². The molecule has 0 aliphatic heterocycles. The molecule has 0 atom stereocenters. The Morgan fingerprint density at radius 2 is 1.94 bits per heavy atom. The minimum atomic E-state index is -0.463. The van der Waals surface area contributed by atoms with Crippen molar-refractivity contribution >= 4 is 17.8 Å². The van der Waals surface area contributed by atoms with Crippen LogP contribution in [0.3, 0.4) is 0 Å². The molecule has 3 heteroatoms. The van der Waals surface area contributed by atoms with Crippen molar-refractivity contribution in [3.63, 3.8) is 0 Å². The third-order valence-corrected chi connectivity index (χ3v) is 2.19. The number of carbonyl (C=O) groups excluding carboxylic acids is 2. The van der Waals surface area contributed by atoms with Crippen LogP contribution < -0.4 is 0 Å². The summed E-state index contributed by atoms with van der Waals surface area (Å²) in [6, 6.07) is 9.53. The number of ether oxygens (including phenoxy) is 1. The summed E-state index contributed by atoms with van der Waals surface area (Å²) in [4.78, 5) is 22.5. The molecule has 0 saturated heterocycles. The molecular weight excluding hydrogens is 228 g/mol. The quantitative estimate of drug-likeness (QED) is 0.571. The van der Waals surface area contributed by atoms with Gasteiger partial charge in [-0.15, -0.1) is 0 Å². The third-order valence-electron chi connectivity index (χ3n) is 2.19. The first-order chi connectivity index (χ1) is 8.59. The van der Waals surface area contributed by atoms with E-state index >= 15 is 0 Å². The van der Waals surface area contributed by atoms with Crippen LogP contribution in [0.5, 0.6) is 0 Å². The smallest absolute Gasteiger partial charge is 0.333 e. The Morgan fingerprint density at radius 1 is 1.28 bits per heavy atom. The summed E-state index contributed by atoms with van der Waals surface area (Å²) in [6.45, 7) is 5.11. The zero-order valence-electron chi connectivity index (χ0n) is 10.4. The summed E-state index contributed by atoms with van der Waals surface area (Å²) in [5.74, 6) is -0.539. The molecule has 1 aromatic carbocycles. The van der Waals surface area contributed by atoms with Gasteiger partial charge in [-0.1, -0.05) is 43.0 Å². The lowest BCUT2D eigenvalue weighted by Gasteiger charge is -2.01. The monoisotopic (exact) mass is 244 g/mol. The van der Waals surface area contributed by atoms with Crippen LogP contribution in [0.15, 0.2) is 48.6 Å². The highest BCUT2D eigenvalue weighted by atomic mass is 16.5. The van der Waals surface area contributed by atoms with Gasteiger partial charge in [0.05, 0.1) is 6.61 Å². The van der Waals surface area contributed by atoms with E-state index in [-0.39, 0.29) is 18.8 Å². The summed E-state index contributed by atoms with van der Waals surface area (Å²) >= 11 is 0. The van der Waals surface area contributed by atoms with E-state index in [2.05, 4.69) is 6.58 Å². The molecule has 0 aliphatic carbocycles. The van der Waals surface area contributed by atoms with E-state index in [4.69, 9.17) is 4.74 Å². The Balaban J connectivity index is 2.32. The predicted molar refractivity (Wildman–Crippen MR) is 70.9 cm³/mol. The zero-order valence-corrected chi connectivity index (χ0v) is 10.4. The molecule has 0 aliphatic rings. The van der Waals surface area contributed by atoms with Gasteiger partial charge in [0.2, 0.25) is 0 Å². The van der Waals surface area contributed by atoms with Gasteiger partial charge in [0.15, 0.2) is 5.78 Å². The Labute approximate surface area is 107 Å². The number of rotatable bonds is 6. The molecule has 94 valence electrons. The number of allylic oxidation sites excluding steroid dienone is 1. The first kappa shape index (κ1) is 13.9. The molecule has 0 unspecified atom stereocenters. The molecular formula is C15H16O3. The third kappa shape index (κ3) is 5.25. The van der Waals surface area contributed by atoms with Gasteiger partial charge in [-0.25, -0.2) is 4.79 Å². The number of esters is 1. The number of hydrogen-bond donors (Lipinski definition) is 0. The highest BCUT2D eigenvalue weighted by Crippen LogP contribution is 2.02. The molecule has 1 aromatic rings. The van der Waals surface area contributed by atoms with Gasteiger partial charge in [0.1, 0.15) is 0 Å². The van der Waals surface area contributed by atoms with Crippen molar-refractivity contribution in [1.29, 1.82) is 0 Å². The number of carbonyl (C=O) groups is 2. The maximum atomic E-state index is 11.5. The number of hydrogen-bond acceptors (Lipinski definition) is 3. The fraction of sp³-hybridized carbons (Fsp3) is 0.200. The largest absolute Gasteiger partial charge is 0.462 e. The molecule has 0 saturated carbocycles. The summed E-state index contributed by atoms with van der Waals surface area (Å²) in [5.41, 5.74) is 1.30. The fourth-order valence-corrected chi connectivity index (χ4v) is 1.20. The molecule has 0 amide bonds. The standard InChI is InChI=1S/C15H16O3/c1-12(2)15(17)18-11-10-14(16)9-8-13-6-4-3-5-7-13/h3-9H,1,10-11H2,2H3/b9-8+. The van der Waals surface area contributed by atoms with Gasteiger partial charge in [-0.05, 0) is 18.6 Å². The van der Waals surface area contributed by atoms with E-state index in [9.17, 15) is 9.59 Å². The van der Waals surface area contributed by atoms with Crippen molar-refractivity contribution in [2.75, 3.05) is 6.61 Å². The predicted octanol–water partition coefficient (Wildman–Crippen LogP) is 2.78. The van der Waals surface area contributed by atoms with E-state index in [0.717, 1.165) is 5.56 Å². The molecule has 18 heavy (non-hydrogen) atoms. The van der Waals surface area contributed by atoms with E-state index in [1.54, 1.807) is 13.0 Å². The molecule has 0 heterocycles. The van der Waals surface area contributed by atoms with Crippen LogP contribution in [0.4, 0.5) is 0 Å². The molecule has 0 spiro atoms. The van der Waals surface area contributed by atoms with Crippen LogP contribution in [0, 0.1) is 0 Å². The first-order valence-corrected chi connectivity index (χ1v) is 5.68. The second-order valence-corrected chi connectivity index (χ2v) is 3.88. The SMILES string of the molecule is C=C(C)C(=O)OCCC(=O)/C=C/c1ccccc1. The van der Waals surface area contributed by atoms with Gasteiger partial charge in [0, 0.05) is 12.0 Å². The van der Waals surface area contributed by atoms with Gasteiger partial charge in [0.25, 0.3) is 0 Å². The van der Waals surface area contributed by atoms with E-state index in [0.29, 0.717) is 5.57 Å². The van der Waals surface area contributed by atoms with Crippen molar-refractivity contribution in [3.05, 3.63) is 54.1 Å². The lowest BCUT2D eigenvalue weighted by molar-refractivity contribution is -0.139. The average Bonchev–Trinajstić information content (AvgIpc) is 2.37. The second kappa shape index (κ2) is 7.22. The number of benzene rings is 1. The molecule has 0 radical (unpaired) electrons. The lowest BCUT2D eigenvalue weighted by atomic mass is 10.2. The van der Waals surface area contributed by atoms with Crippen LogP contribution in [0.1, 0.15) is 18.9 Å². The van der Waals surface area contributed by atoms with E-state index in [1.165, 1.54) is 6.08 Å². The Morgan fingerprint density at radius 3 is 2.56 bits per heavy atom. The molecule has 0 fully saturated rings. The second-order valence-electron chi connectivity index (χ2n) is 3.88. The minimum Gasteiger partial charge on any atom is -0.462 e. The van der Waals surface area contributed by atoms with Crippen LogP contribution in [0.25, 0.3) is 6.08 Å². The summed E-state index contributed by atoms with van der Waals surface area (Å²) in [6.07, 6.45) is 3.41. The van der Waals surface area contributed by atoms with Crippen LogP contribution in [-0.2, 0) is 14.3 Å². The van der Waals surface area contributed by atoms with Gasteiger partial charge in [-0.2, -0.15) is 0 Å². The van der Waals surface area contributed by atoms with Crippen molar-refractivity contribution in [2.45, 2.75) is 13.3 Å². The first-order valence-electron chi connectivity index (χ1n) is 5.68. The zero-order chi connectivity index (χ0) is 13.4. The van der Waals surface area contributed by atoms with E-state index < -0.39 is 5.97 Å². The Bertz CT molecular complexity index is 458. The van der Waals surface area contributed by atoms with Crippen molar-refractivity contribution in [1.82, 2.24) is 0 Å². The average molecular weight is 244 g/mol. The summed E-state index contributed by atoms with van der Waals surface area (Å²) in [7, 11) is 0. The number of ketones is 1. The van der Waals surface area contributed by atoms with Crippen LogP contribution >= 0.6 is 0 Å². The van der Waals surface area contributed by atoms with Crippen LogP contribution in [0.2, 0.25) is 0 Å². The molecule has 1 rings (SSSR count). The maximum Gasteiger partial charge on any atom is 0.333 e. The minimum absolute atomic E-state index is 0.0756.